The van der Waals surface area contributed by atoms with E-state index in [9.17, 15) is 8.76 Å². The standard InChI is InChI=1S/C6H14O2S/c1-5(2)6(3,4)9(7)8/h5H,1-4H3,(H,7,8)/p-1. The SMILES string of the molecule is CC(C)C(C)(C)S(=O)[O-]. The molecule has 0 radical (unpaired) electrons. The van der Waals surface area contributed by atoms with Crippen LogP contribution in [0.2, 0.25) is 0 Å². The zero-order valence-corrected chi connectivity index (χ0v) is 7.12. The molecule has 0 aromatic heterocycles. The highest BCUT2D eigenvalue weighted by molar-refractivity contribution is 7.80. The summed E-state index contributed by atoms with van der Waals surface area (Å²) in [6.07, 6.45) is 0. The van der Waals surface area contributed by atoms with E-state index in [0.29, 0.717) is 0 Å². The molecule has 0 aliphatic rings. The Morgan fingerprint density at radius 3 is 1.78 bits per heavy atom. The van der Waals surface area contributed by atoms with Crippen LogP contribution in [0.1, 0.15) is 27.7 Å². The second-order valence-corrected chi connectivity index (χ2v) is 4.51. The van der Waals surface area contributed by atoms with Crippen molar-refractivity contribution in [3.63, 3.8) is 0 Å². The van der Waals surface area contributed by atoms with Crippen LogP contribution in [0.4, 0.5) is 0 Å². The fourth-order valence-corrected chi connectivity index (χ4v) is 0.577. The fraction of sp³-hybridized carbons (Fsp3) is 1.00. The highest BCUT2D eigenvalue weighted by Gasteiger charge is 2.22. The Balaban J connectivity index is 4.19. The van der Waals surface area contributed by atoms with Gasteiger partial charge in [-0.2, -0.15) is 0 Å². The molecule has 0 bridgehead atoms. The second kappa shape index (κ2) is 2.80. The minimum atomic E-state index is -1.96. The average Bonchev–Trinajstić information content (AvgIpc) is 1.65. The van der Waals surface area contributed by atoms with Gasteiger partial charge in [0, 0.05) is 4.75 Å². The molecule has 0 saturated carbocycles. The van der Waals surface area contributed by atoms with Gasteiger partial charge in [-0.15, -0.1) is 0 Å². The van der Waals surface area contributed by atoms with Crippen LogP contribution in [-0.4, -0.2) is 13.5 Å². The molecule has 0 aliphatic carbocycles. The van der Waals surface area contributed by atoms with Gasteiger partial charge in [0.15, 0.2) is 0 Å². The first-order valence-electron chi connectivity index (χ1n) is 2.98. The average molecular weight is 149 g/mol. The summed E-state index contributed by atoms with van der Waals surface area (Å²) < 4.78 is 20.3. The van der Waals surface area contributed by atoms with Crippen LogP contribution in [0.15, 0.2) is 0 Å². The van der Waals surface area contributed by atoms with Gasteiger partial charge in [0.25, 0.3) is 0 Å². The molecule has 0 amide bonds. The predicted octanol–water partition coefficient (Wildman–Crippen LogP) is 1.30. The molecule has 2 nitrogen and oxygen atoms in total. The van der Waals surface area contributed by atoms with Crippen molar-refractivity contribution in [3.05, 3.63) is 0 Å². The van der Waals surface area contributed by atoms with Crippen LogP contribution in [0.5, 0.6) is 0 Å². The maximum absolute atomic E-state index is 10.5. The Hall–Kier alpha value is 0.110. The lowest BCUT2D eigenvalue weighted by molar-refractivity contribution is 0.429. The van der Waals surface area contributed by atoms with Crippen LogP contribution < -0.4 is 0 Å². The van der Waals surface area contributed by atoms with E-state index in [2.05, 4.69) is 0 Å². The molecule has 56 valence electrons. The molecular formula is C6H13O2S-. The molecule has 0 rings (SSSR count). The highest BCUT2D eigenvalue weighted by Crippen LogP contribution is 2.21. The third-order valence-electron chi connectivity index (χ3n) is 1.82. The van der Waals surface area contributed by atoms with Crippen molar-refractivity contribution in [2.24, 2.45) is 5.92 Å². The third kappa shape index (κ3) is 2.06. The molecular weight excluding hydrogens is 136 g/mol. The topological polar surface area (TPSA) is 40.1 Å². The van der Waals surface area contributed by atoms with E-state index < -0.39 is 15.8 Å². The quantitative estimate of drug-likeness (QED) is 0.555. The first kappa shape index (κ1) is 9.11. The summed E-state index contributed by atoms with van der Waals surface area (Å²) >= 11 is -1.96. The predicted molar refractivity (Wildman–Crippen MR) is 37.8 cm³/mol. The Kier molecular flexibility index (Phi) is 2.83. The van der Waals surface area contributed by atoms with Gasteiger partial charge in [0.1, 0.15) is 0 Å². The van der Waals surface area contributed by atoms with Crippen molar-refractivity contribution >= 4 is 11.1 Å². The summed E-state index contributed by atoms with van der Waals surface area (Å²) in [5.74, 6) is 0.177. The van der Waals surface area contributed by atoms with Gasteiger partial charge in [0.05, 0.1) is 0 Å². The normalized spacial score (nSPS) is 16.2. The molecule has 1 unspecified atom stereocenters. The molecule has 3 heteroatoms. The monoisotopic (exact) mass is 149 g/mol. The van der Waals surface area contributed by atoms with Crippen molar-refractivity contribution < 1.29 is 8.76 Å². The minimum absolute atomic E-state index is 0.177. The minimum Gasteiger partial charge on any atom is -0.772 e. The molecule has 1 atom stereocenters. The van der Waals surface area contributed by atoms with E-state index in [0.717, 1.165) is 0 Å². The lowest BCUT2D eigenvalue weighted by atomic mass is 10.00. The molecule has 0 aliphatic heterocycles. The van der Waals surface area contributed by atoms with Crippen LogP contribution in [0.25, 0.3) is 0 Å². The first-order chi connectivity index (χ1) is 3.89. The summed E-state index contributed by atoms with van der Waals surface area (Å²) in [4.78, 5) is 0. The Labute approximate surface area is 58.9 Å². The van der Waals surface area contributed by atoms with E-state index >= 15 is 0 Å². The number of rotatable bonds is 2. The molecule has 0 aromatic carbocycles. The van der Waals surface area contributed by atoms with Gasteiger partial charge in [-0.05, 0) is 30.8 Å². The first-order valence-corrected chi connectivity index (χ1v) is 4.06. The molecule has 0 N–H and O–H groups in total. The zero-order chi connectivity index (χ0) is 7.65. The van der Waals surface area contributed by atoms with E-state index in [1.165, 1.54) is 0 Å². The molecule has 0 heterocycles. The van der Waals surface area contributed by atoms with Crippen molar-refractivity contribution in [2.75, 3.05) is 0 Å². The van der Waals surface area contributed by atoms with E-state index in [-0.39, 0.29) is 5.92 Å². The van der Waals surface area contributed by atoms with E-state index in [4.69, 9.17) is 0 Å². The maximum atomic E-state index is 10.5. The summed E-state index contributed by atoms with van der Waals surface area (Å²) in [6.45, 7) is 7.24. The lowest BCUT2D eigenvalue weighted by Gasteiger charge is -2.31. The molecule has 0 fully saturated rings. The Morgan fingerprint density at radius 2 is 1.78 bits per heavy atom. The number of hydrogen-bond donors (Lipinski definition) is 0. The summed E-state index contributed by atoms with van der Waals surface area (Å²) in [6, 6.07) is 0. The second-order valence-electron chi connectivity index (χ2n) is 2.99. The Morgan fingerprint density at radius 1 is 1.44 bits per heavy atom. The van der Waals surface area contributed by atoms with Gasteiger partial charge >= 0.3 is 0 Å². The largest absolute Gasteiger partial charge is 0.772 e. The van der Waals surface area contributed by atoms with Gasteiger partial charge < -0.3 is 4.55 Å². The summed E-state index contributed by atoms with van der Waals surface area (Å²) in [5, 5.41) is 0. The van der Waals surface area contributed by atoms with Crippen molar-refractivity contribution in [1.82, 2.24) is 0 Å². The smallest absolute Gasteiger partial charge is 0.0294 e. The van der Waals surface area contributed by atoms with Crippen molar-refractivity contribution in [1.29, 1.82) is 0 Å². The molecule has 0 saturated heterocycles. The van der Waals surface area contributed by atoms with Gasteiger partial charge in [0.2, 0.25) is 0 Å². The van der Waals surface area contributed by atoms with Gasteiger partial charge in [-0.3, -0.25) is 4.21 Å². The third-order valence-corrected chi connectivity index (χ3v) is 3.15. The Bertz CT molecular complexity index is 118. The molecule has 0 spiro atoms. The van der Waals surface area contributed by atoms with E-state index in [1.807, 2.05) is 13.8 Å². The number of hydrogen-bond acceptors (Lipinski definition) is 2. The van der Waals surface area contributed by atoms with Crippen molar-refractivity contribution in [2.45, 2.75) is 32.4 Å². The molecule has 0 aromatic rings. The van der Waals surface area contributed by atoms with Crippen LogP contribution in [0, 0.1) is 5.92 Å². The highest BCUT2D eigenvalue weighted by atomic mass is 32.2. The van der Waals surface area contributed by atoms with Gasteiger partial charge in [-0.1, -0.05) is 13.8 Å². The van der Waals surface area contributed by atoms with Crippen molar-refractivity contribution in [3.8, 4) is 0 Å². The van der Waals surface area contributed by atoms with Crippen LogP contribution >= 0.6 is 0 Å². The van der Waals surface area contributed by atoms with Crippen LogP contribution in [0.3, 0.4) is 0 Å². The summed E-state index contributed by atoms with van der Waals surface area (Å²) in [7, 11) is 0. The van der Waals surface area contributed by atoms with E-state index in [1.54, 1.807) is 13.8 Å². The van der Waals surface area contributed by atoms with Gasteiger partial charge in [-0.25, -0.2) is 0 Å². The lowest BCUT2D eigenvalue weighted by Crippen LogP contribution is -2.32. The zero-order valence-electron chi connectivity index (χ0n) is 6.30. The summed E-state index contributed by atoms with van der Waals surface area (Å²) in [5.41, 5.74) is 0. The fourth-order valence-electron chi connectivity index (χ4n) is 0.192. The maximum Gasteiger partial charge on any atom is 0.0294 e. The molecule has 9 heavy (non-hydrogen) atoms. The van der Waals surface area contributed by atoms with Crippen LogP contribution in [-0.2, 0) is 11.1 Å².